The van der Waals surface area contributed by atoms with Gasteiger partial charge in [-0.3, -0.25) is 4.79 Å². The fourth-order valence-electron chi connectivity index (χ4n) is 0.807. The Morgan fingerprint density at radius 3 is 2.75 bits per heavy atom. The van der Waals surface area contributed by atoms with Gasteiger partial charge in [0.2, 0.25) is 0 Å². The summed E-state index contributed by atoms with van der Waals surface area (Å²) in [6, 6.07) is 4.82. The number of ketones is 1. The molecule has 0 saturated heterocycles. The van der Waals surface area contributed by atoms with Crippen molar-refractivity contribution < 1.29 is 9.90 Å². The Bertz CT molecular complexity index is 310. The van der Waals surface area contributed by atoms with E-state index in [1.165, 1.54) is 6.07 Å². The van der Waals surface area contributed by atoms with E-state index in [2.05, 4.69) is 31.9 Å². The Labute approximate surface area is 86.9 Å². The Morgan fingerprint density at radius 2 is 2.17 bits per heavy atom. The van der Waals surface area contributed by atoms with Crippen LogP contribution in [0.4, 0.5) is 0 Å². The van der Waals surface area contributed by atoms with Gasteiger partial charge in [0.1, 0.15) is 5.75 Å². The largest absolute Gasteiger partial charge is 0.507 e. The van der Waals surface area contributed by atoms with Gasteiger partial charge >= 0.3 is 0 Å². The molecule has 0 radical (unpaired) electrons. The molecule has 64 valence electrons. The molecule has 0 aliphatic carbocycles. The predicted molar refractivity (Wildman–Crippen MR) is 53.9 cm³/mol. The summed E-state index contributed by atoms with van der Waals surface area (Å²) in [5.74, 6) is 0.0274. The van der Waals surface area contributed by atoms with Crippen LogP contribution in [0.3, 0.4) is 0 Å². The fourth-order valence-corrected chi connectivity index (χ4v) is 1.59. The van der Waals surface area contributed by atoms with Crippen LogP contribution < -0.4 is 0 Å². The zero-order valence-corrected chi connectivity index (χ0v) is 9.22. The molecule has 0 aromatic heterocycles. The van der Waals surface area contributed by atoms with Crippen LogP contribution >= 0.6 is 31.9 Å². The molecule has 12 heavy (non-hydrogen) atoms. The number of benzene rings is 1. The van der Waals surface area contributed by atoms with E-state index in [1.807, 2.05) is 0 Å². The van der Waals surface area contributed by atoms with E-state index in [0.717, 1.165) is 0 Å². The Kier molecular flexibility index (Phi) is 3.29. The molecular formula is C8H6Br2O2. The summed E-state index contributed by atoms with van der Waals surface area (Å²) in [5, 5.41) is 9.49. The molecule has 0 spiro atoms. The number of Topliss-reactive ketones (excluding diaryl/α,β-unsaturated/α-hetero) is 1. The molecule has 1 aromatic rings. The minimum atomic E-state index is -0.0576. The lowest BCUT2D eigenvalue weighted by atomic mass is 10.1. The van der Waals surface area contributed by atoms with Crippen LogP contribution in [0.2, 0.25) is 0 Å². The molecule has 0 bridgehead atoms. The molecule has 1 rings (SSSR count). The van der Waals surface area contributed by atoms with E-state index in [9.17, 15) is 9.90 Å². The number of phenols is 1. The molecular weight excluding hydrogens is 288 g/mol. The average molecular weight is 294 g/mol. The van der Waals surface area contributed by atoms with Gasteiger partial charge in [0.05, 0.1) is 9.80 Å². The van der Waals surface area contributed by atoms with Crippen LogP contribution in [0.1, 0.15) is 10.4 Å². The monoisotopic (exact) mass is 292 g/mol. The number of hydrogen-bond acceptors (Lipinski definition) is 2. The molecule has 0 amide bonds. The maximum Gasteiger partial charge on any atom is 0.174 e. The van der Waals surface area contributed by atoms with E-state index < -0.39 is 0 Å². The van der Waals surface area contributed by atoms with Crippen LogP contribution in [0.15, 0.2) is 22.7 Å². The lowest BCUT2D eigenvalue weighted by molar-refractivity contribution is 0.102. The van der Waals surface area contributed by atoms with Crippen LogP contribution in [0, 0.1) is 0 Å². The summed E-state index contributed by atoms with van der Waals surface area (Å²) < 4.78 is 0.453. The third-order valence-corrected chi connectivity index (χ3v) is 2.74. The molecule has 0 heterocycles. The number of alkyl halides is 1. The first kappa shape index (κ1) is 9.74. The minimum Gasteiger partial charge on any atom is -0.507 e. The number of aromatic hydroxyl groups is 1. The smallest absolute Gasteiger partial charge is 0.174 e. The van der Waals surface area contributed by atoms with E-state index >= 15 is 0 Å². The van der Waals surface area contributed by atoms with Gasteiger partial charge in [0.15, 0.2) is 5.78 Å². The summed E-state index contributed by atoms with van der Waals surface area (Å²) >= 11 is 6.19. The Morgan fingerprint density at radius 1 is 1.50 bits per heavy atom. The summed E-state index contributed by atoms with van der Waals surface area (Å²) in [6.07, 6.45) is 0. The first-order chi connectivity index (χ1) is 5.66. The molecule has 0 fully saturated rings. The molecule has 0 saturated carbocycles. The Balaban J connectivity index is 3.16. The van der Waals surface area contributed by atoms with Gasteiger partial charge in [0.25, 0.3) is 0 Å². The highest BCUT2D eigenvalue weighted by molar-refractivity contribution is 9.10. The van der Waals surface area contributed by atoms with Crippen molar-refractivity contribution in [2.24, 2.45) is 0 Å². The van der Waals surface area contributed by atoms with Crippen molar-refractivity contribution >= 4 is 37.6 Å². The molecule has 4 heteroatoms. The first-order valence-electron chi connectivity index (χ1n) is 3.23. The van der Waals surface area contributed by atoms with Crippen molar-refractivity contribution in [3.05, 3.63) is 28.2 Å². The van der Waals surface area contributed by atoms with E-state index in [4.69, 9.17) is 0 Å². The number of carbonyl (C=O) groups is 1. The van der Waals surface area contributed by atoms with E-state index in [0.29, 0.717) is 10.0 Å². The molecule has 0 aliphatic heterocycles. The number of halogens is 2. The highest BCUT2D eigenvalue weighted by Crippen LogP contribution is 2.27. The lowest BCUT2D eigenvalue weighted by Gasteiger charge is -2.01. The fraction of sp³-hybridized carbons (Fsp3) is 0.125. The molecule has 0 aliphatic rings. The van der Waals surface area contributed by atoms with Gasteiger partial charge in [-0.2, -0.15) is 0 Å². The first-order valence-corrected chi connectivity index (χ1v) is 5.15. The van der Waals surface area contributed by atoms with Crippen molar-refractivity contribution in [1.82, 2.24) is 0 Å². The molecule has 2 nitrogen and oxygen atoms in total. The SMILES string of the molecule is O=C(CBr)c1cccc(O)c1Br. The second-order valence-corrected chi connectivity index (χ2v) is 3.55. The van der Waals surface area contributed by atoms with Crippen molar-refractivity contribution in [3.63, 3.8) is 0 Å². The van der Waals surface area contributed by atoms with Crippen molar-refractivity contribution in [3.8, 4) is 5.75 Å². The van der Waals surface area contributed by atoms with Gasteiger partial charge in [0, 0.05) is 5.56 Å². The zero-order valence-electron chi connectivity index (χ0n) is 6.05. The van der Waals surface area contributed by atoms with Crippen LogP contribution in [-0.2, 0) is 0 Å². The number of rotatable bonds is 2. The third kappa shape index (κ3) is 1.87. The summed E-state index contributed by atoms with van der Waals surface area (Å²) in [4.78, 5) is 11.2. The normalized spacial score (nSPS) is 9.83. The number of phenolic OH excluding ortho intramolecular Hbond substituents is 1. The van der Waals surface area contributed by atoms with Gasteiger partial charge in [-0.25, -0.2) is 0 Å². The molecule has 0 unspecified atom stereocenters. The van der Waals surface area contributed by atoms with Gasteiger partial charge in [-0.15, -0.1) is 0 Å². The van der Waals surface area contributed by atoms with Crippen molar-refractivity contribution in [2.45, 2.75) is 0 Å². The lowest BCUT2D eigenvalue weighted by Crippen LogP contribution is -2.00. The minimum absolute atomic E-state index is 0.0576. The molecule has 1 aromatic carbocycles. The highest BCUT2D eigenvalue weighted by atomic mass is 79.9. The van der Waals surface area contributed by atoms with Gasteiger partial charge in [-0.1, -0.05) is 22.0 Å². The summed E-state index contributed by atoms with van der Waals surface area (Å²) in [6.45, 7) is 0. The third-order valence-electron chi connectivity index (χ3n) is 1.40. The van der Waals surface area contributed by atoms with Crippen LogP contribution in [0.5, 0.6) is 5.75 Å². The Hall–Kier alpha value is -0.350. The summed E-state index contributed by atoms with van der Waals surface area (Å²) in [7, 11) is 0. The predicted octanol–water partition coefficient (Wildman–Crippen LogP) is 2.73. The quantitative estimate of drug-likeness (QED) is 0.672. The van der Waals surface area contributed by atoms with Crippen molar-refractivity contribution in [2.75, 3.05) is 5.33 Å². The maximum absolute atomic E-state index is 11.2. The number of hydrogen-bond donors (Lipinski definition) is 1. The van der Waals surface area contributed by atoms with Crippen molar-refractivity contribution in [1.29, 1.82) is 0 Å². The standard InChI is InChI=1S/C8H6Br2O2/c9-4-7(12)5-2-1-3-6(11)8(5)10/h1-3,11H,4H2. The average Bonchev–Trinajstić information content (AvgIpc) is 2.08. The second kappa shape index (κ2) is 4.05. The molecule has 0 atom stereocenters. The highest BCUT2D eigenvalue weighted by Gasteiger charge is 2.10. The van der Waals surface area contributed by atoms with E-state index in [1.54, 1.807) is 12.1 Å². The topological polar surface area (TPSA) is 37.3 Å². The zero-order chi connectivity index (χ0) is 9.14. The second-order valence-electron chi connectivity index (χ2n) is 2.20. The van der Waals surface area contributed by atoms with Gasteiger partial charge in [-0.05, 0) is 28.1 Å². The van der Waals surface area contributed by atoms with Crippen LogP contribution in [0.25, 0.3) is 0 Å². The van der Waals surface area contributed by atoms with Crippen LogP contribution in [-0.4, -0.2) is 16.2 Å². The van der Waals surface area contributed by atoms with Gasteiger partial charge < -0.3 is 5.11 Å². The maximum atomic E-state index is 11.2. The number of carbonyl (C=O) groups excluding carboxylic acids is 1. The molecule has 1 N–H and O–H groups in total. The summed E-state index contributed by atoms with van der Waals surface area (Å²) in [5.41, 5.74) is 0.492. The van der Waals surface area contributed by atoms with E-state index in [-0.39, 0.29) is 16.9 Å².